The molecule has 104 valence electrons. The van der Waals surface area contributed by atoms with Gasteiger partial charge in [0.05, 0.1) is 12.2 Å². The van der Waals surface area contributed by atoms with Crippen molar-refractivity contribution in [3.05, 3.63) is 29.6 Å². The summed E-state index contributed by atoms with van der Waals surface area (Å²) in [7, 11) is 0. The molecule has 0 radical (unpaired) electrons. The highest BCUT2D eigenvalue weighted by molar-refractivity contribution is 5.29. The van der Waals surface area contributed by atoms with Crippen molar-refractivity contribution >= 4 is 0 Å². The van der Waals surface area contributed by atoms with E-state index in [9.17, 15) is 5.11 Å². The van der Waals surface area contributed by atoms with E-state index < -0.39 is 0 Å². The molecule has 1 aromatic rings. The molecule has 0 saturated carbocycles. The Morgan fingerprint density at radius 1 is 1.37 bits per heavy atom. The third-order valence-electron chi connectivity index (χ3n) is 4.52. The summed E-state index contributed by atoms with van der Waals surface area (Å²) in [6.45, 7) is 0.897. The fourth-order valence-electron chi connectivity index (χ4n) is 3.41. The number of ether oxygens (including phenoxy) is 1. The van der Waals surface area contributed by atoms with Crippen LogP contribution in [0.5, 0.6) is 0 Å². The van der Waals surface area contributed by atoms with Crippen molar-refractivity contribution in [3.8, 4) is 0 Å². The van der Waals surface area contributed by atoms with Crippen LogP contribution >= 0.6 is 0 Å². The molecular weight excluding hydrogens is 238 g/mol. The van der Waals surface area contributed by atoms with E-state index in [0.29, 0.717) is 6.10 Å². The molecule has 3 unspecified atom stereocenters. The van der Waals surface area contributed by atoms with Gasteiger partial charge in [0.25, 0.3) is 0 Å². The third-order valence-corrected chi connectivity index (χ3v) is 4.52. The average molecular weight is 261 g/mol. The molecule has 1 aromatic heterocycles. The number of aliphatic hydroxyl groups excluding tert-OH is 1. The molecule has 1 fully saturated rings. The number of aryl methyl sites for hydroxylation is 1. The fourth-order valence-corrected chi connectivity index (χ4v) is 3.41. The van der Waals surface area contributed by atoms with Crippen LogP contribution in [0.2, 0.25) is 0 Å². The molecule has 0 spiro atoms. The Bertz CT molecular complexity index is 415. The molecule has 1 aliphatic heterocycles. The Kier molecular flexibility index (Phi) is 4.14. The molecule has 3 nitrogen and oxygen atoms in total. The summed E-state index contributed by atoms with van der Waals surface area (Å²) in [4.78, 5) is 4.47. The monoisotopic (exact) mass is 261 g/mol. The van der Waals surface area contributed by atoms with Crippen molar-refractivity contribution in [2.75, 3.05) is 6.61 Å². The van der Waals surface area contributed by atoms with Gasteiger partial charge in [-0.3, -0.25) is 4.98 Å². The second-order valence-electron chi connectivity index (χ2n) is 5.83. The number of rotatable bonds is 4. The molecule has 0 bridgehead atoms. The number of nitrogens with zero attached hydrogens (tertiary/aromatic N) is 1. The predicted molar refractivity (Wildman–Crippen MR) is 74.1 cm³/mol. The first kappa shape index (κ1) is 13.1. The lowest BCUT2D eigenvalue weighted by atomic mass is 9.93. The van der Waals surface area contributed by atoms with Crippen LogP contribution in [0.4, 0.5) is 0 Å². The molecular formula is C16H23NO2. The van der Waals surface area contributed by atoms with E-state index >= 15 is 0 Å². The molecule has 1 saturated heterocycles. The van der Waals surface area contributed by atoms with Crippen molar-refractivity contribution in [1.82, 2.24) is 4.98 Å². The number of hydrogen-bond donors (Lipinski definition) is 1. The maximum absolute atomic E-state index is 10.4. The van der Waals surface area contributed by atoms with Crippen molar-refractivity contribution in [3.63, 3.8) is 0 Å². The standard InChI is InChI=1S/C16H23NO2/c18-15(9-7-13-5-1-2-11-19-13)14-8-6-12-4-3-10-17-16(12)14/h3-4,10,13-15,18H,1-2,5-9,11H2. The average Bonchev–Trinajstić information content (AvgIpc) is 2.90. The second kappa shape index (κ2) is 6.02. The highest BCUT2D eigenvalue weighted by Crippen LogP contribution is 2.35. The Morgan fingerprint density at radius 2 is 2.32 bits per heavy atom. The van der Waals surface area contributed by atoms with E-state index in [0.717, 1.165) is 44.4 Å². The molecule has 3 heteroatoms. The first-order valence-corrected chi connectivity index (χ1v) is 7.58. The minimum Gasteiger partial charge on any atom is -0.392 e. The van der Waals surface area contributed by atoms with Crippen LogP contribution in [-0.2, 0) is 11.2 Å². The molecule has 19 heavy (non-hydrogen) atoms. The van der Waals surface area contributed by atoms with E-state index in [1.165, 1.54) is 18.4 Å². The maximum atomic E-state index is 10.4. The first-order chi connectivity index (χ1) is 9.34. The second-order valence-corrected chi connectivity index (χ2v) is 5.83. The minimum atomic E-state index is -0.262. The Morgan fingerprint density at radius 3 is 3.16 bits per heavy atom. The smallest absolute Gasteiger partial charge is 0.0625 e. The zero-order valence-electron chi connectivity index (χ0n) is 11.4. The maximum Gasteiger partial charge on any atom is 0.0625 e. The van der Waals surface area contributed by atoms with Gasteiger partial charge in [0.1, 0.15) is 0 Å². The number of hydrogen-bond acceptors (Lipinski definition) is 3. The number of aliphatic hydroxyl groups is 1. The van der Waals surface area contributed by atoms with E-state index in [1.54, 1.807) is 0 Å². The molecule has 0 amide bonds. The lowest BCUT2D eigenvalue weighted by molar-refractivity contribution is 0.000150. The molecule has 0 aromatic carbocycles. The largest absolute Gasteiger partial charge is 0.392 e. The quantitative estimate of drug-likeness (QED) is 0.906. The highest BCUT2D eigenvalue weighted by atomic mass is 16.5. The molecule has 1 aliphatic carbocycles. The Hall–Kier alpha value is -0.930. The van der Waals surface area contributed by atoms with Crippen molar-refractivity contribution in [1.29, 1.82) is 0 Å². The van der Waals surface area contributed by atoms with E-state index in [-0.39, 0.29) is 12.0 Å². The highest BCUT2D eigenvalue weighted by Gasteiger charge is 2.30. The molecule has 3 atom stereocenters. The fraction of sp³-hybridized carbons (Fsp3) is 0.688. The number of fused-ring (bicyclic) bond motifs is 1. The lowest BCUT2D eigenvalue weighted by Gasteiger charge is -2.25. The SMILES string of the molecule is OC(CCC1CCCCO1)C1CCc2cccnc21. The third kappa shape index (κ3) is 2.98. The normalized spacial score (nSPS) is 28.1. The van der Waals surface area contributed by atoms with Gasteiger partial charge >= 0.3 is 0 Å². The van der Waals surface area contributed by atoms with Crippen molar-refractivity contribution in [2.45, 2.75) is 63.1 Å². The summed E-state index contributed by atoms with van der Waals surface area (Å²) < 4.78 is 5.73. The van der Waals surface area contributed by atoms with Gasteiger partial charge in [-0.1, -0.05) is 6.07 Å². The van der Waals surface area contributed by atoms with Gasteiger partial charge in [0, 0.05) is 24.4 Å². The van der Waals surface area contributed by atoms with E-state index in [1.807, 2.05) is 12.3 Å². The summed E-state index contributed by atoms with van der Waals surface area (Å²) in [5.74, 6) is 0.236. The summed E-state index contributed by atoms with van der Waals surface area (Å²) in [6.07, 6.45) is 9.50. The molecule has 2 aliphatic rings. The van der Waals surface area contributed by atoms with E-state index in [2.05, 4.69) is 11.1 Å². The lowest BCUT2D eigenvalue weighted by Crippen LogP contribution is -2.23. The van der Waals surface area contributed by atoms with Gasteiger partial charge in [0.2, 0.25) is 0 Å². The summed E-state index contributed by atoms with van der Waals surface area (Å²) in [5, 5.41) is 10.4. The van der Waals surface area contributed by atoms with Crippen molar-refractivity contribution in [2.24, 2.45) is 0 Å². The molecule has 3 rings (SSSR count). The Labute approximate surface area is 115 Å². The van der Waals surface area contributed by atoms with Gasteiger partial charge in [-0.15, -0.1) is 0 Å². The summed E-state index contributed by atoms with van der Waals surface area (Å²) in [5.41, 5.74) is 2.44. The van der Waals surface area contributed by atoms with Gasteiger partial charge in [-0.25, -0.2) is 0 Å². The van der Waals surface area contributed by atoms with Crippen LogP contribution in [0, 0.1) is 0 Å². The van der Waals surface area contributed by atoms with Gasteiger partial charge < -0.3 is 9.84 Å². The number of pyridine rings is 1. The van der Waals surface area contributed by atoms with Crippen LogP contribution in [0.1, 0.15) is 55.7 Å². The minimum absolute atomic E-state index is 0.236. The van der Waals surface area contributed by atoms with E-state index in [4.69, 9.17) is 4.74 Å². The van der Waals surface area contributed by atoms with Crippen LogP contribution in [-0.4, -0.2) is 28.9 Å². The topological polar surface area (TPSA) is 42.4 Å². The van der Waals surface area contributed by atoms with Crippen LogP contribution in [0.3, 0.4) is 0 Å². The van der Waals surface area contributed by atoms with Gasteiger partial charge in [-0.05, 0) is 56.6 Å². The van der Waals surface area contributed by atoms with Gasteiger partial charge in [0.15, 0.2) is 0 Å². The van der Waals surface area contributed by atoms with Crippen LogP contribution < -0.4 is 0 Å². The first-order valence-electron chi connectivity index (χ1n) is 7.58. The summed E-state index contributed by atoms with van der Waals surface area (Å²) >= 11 is 0. The zero-order chi connectivity index (χ0) is 13.1. The zero-order valence-corrected chi connectivity index (χ0v) is 11.4. The molecule has 2 heterocycles. The Balaban J connectivity index is 1.55. The predicted octanol–water partition coefficient (Wildman–Crippen LogP) is 2.82. The number of aromatic nitrogens is 1. The van der Waals surface area contributed by atoms with Crippen LogP contribution in [0.15, 0.2) is 18.3 Å². The van der Waals surface area contributed by atoms with Crippen molar-refractivity contribution < 1.29 is 9.84 Å². The molecule has 1 N–H and O–H groups in total. The van der Waals surface area contributed by atoms with Gasteiger partial charge in [-0.2, -0.15) is 0 Å². The summed E-state index contributed by atoms with van der Waals surface area (Å²) in [6, 6.07) is 4.13. The van der Waals surface area contributed by atoms with Crippen LogP contribution in [0.25, 0.3) is 0 Å².